The van der Waals surface area contributed by atoms with Crippen LogP contribution >= 0.6 is 0 Å². The third-order valence-corrected chi connectivity index (χ3v) is 1.86. The largest absolute Gasteiger partial charge is 0.494 e. The highest BCUT2D eigenvalue weighted by molar-refractivity contribution is 5.49. The minimum atomic E-state index is -2.87. The highest BCUT2D eigenvalue weighted by Crippen LogP contribution is 2.30. The van der Waals surface area contributed by atoms with Crippen molar-refractivity contribution in [3.63, 3.8) is 0 Å². The Kier molecular flexibility index (Phi) is 3.52. The molecule has 0 aliphatic carbocycles. The minimum absolute atomic E-state index is 0.0231. The van der Waals surface area contributed by atoms with Crippen LogP contribution in [-0.4, -0.2) is 17.2 Å². The van der Waals surface area contributed by atoms with Crippen LogP contribution in [0.3, 0.4) is 0 Å². The van der Waals surface area contributed by atoms with Crippen molar-refractivity contribution in [2.24, 2.45) is 0 Å². The molecule has 0 radical (unpaired) electrons. The van der Waals surface area contributed by atoms with E-state index < -0.39 is 18.6 Å². The van der Waals surface area contributed by atoms with E-state index in [1.165, 1.54) is 7.11 Å². The van der Waals surface area contributed by atoms with Crippen LogP contribution in [0.25, 0.3) is 0 Å². The molecule has 80 valence electrons. The highest BCUT2D eigenvalue weighted by Gasteiger charge is 2.22. The van der Waals surface area contributed by atoms with E-state index in [2.05, 4.69) is 4.98 Å². The molecule has 0 saturated carbocycles. The van der Waals surface area contributed by atoms with Crippen LogP contribution < -0.4 is 4.74 Å². The van der Waals surface area contributed by atoms with Crippen molar-refractivity contribution in [1.82, 2.24) is 4.98 Å². The van der Waals surface area contributed by atoms with Crippen molar-refractivity contribution in [2.75, 3.05) is 7.11 Å². The number of aliphatic hydroxyl groups is 1. The summed E-state index contributed by atoms with van der Waals surface area (Å²) in [5.41, 5.74) is -1.06. The summed E-state index contributed by atoms with van der Waals surface area (Å²) in [5, 5.41) is 17.5. The molecule has 0 atom stereocenters. The lowest BCUT2D eigenvalue weighted by Gasteiger charge is -2.10. The quantitative estimate of drug-likeness (QED) is 0.825. The standard InChI is InChI=1S/C9H8F2N2O2/c1-15-7-3-13-6(4-14)8(9(10)11)5(7)2-12/h3,9,14H,4H2,1H3. The fourth-order valence-electron chi connectivity index (χ4n) is 1.18. The Morgan fingerprint density at radius 2 is 2.33 bits per heavy atom. The molecule has 0 aliphatic rings. The van der Waals surface area contributed by atoms with Crippen LogP contribution in [0.4, 0.5) is 8.78 Å². The van der Waals surface area contributed by atoms with Gasteiger partial charge in [-0.15, -0.1) is 0 Å². The molecule has 0 aromatic carbocycles. The lowest BCUT2D eigenvalue weighted by molar-refractivity contribution is 0.145. The number of methoxy groups -OCH3 is 1. The van der Waals surface area contributed by atoms with Gasteiger partial charge < -0.3 is 9.84 Å². The van der Waals surface area contributed by atoms with Gasteiger partial charge in [0.15, 0.2) is 5.75 Å². The van der Waals surface area contributed by atoms with Crippen LogP contribution in [0.5, 0.6) is 5.75 Å². The van der Waals surface area contributed by atoms with E-state index in [1.807, 2.05) is 0 Å². The van der Waals surface area contributed by atoms with Crippen LogP contribution in [0.15, 0.2) is 6.20 Å². The maximum atomic E-state index is 12.6. The van der Waals surface area contributed by atoms with Crippen molar-refractivity contribution in [3.8, 4) is 11.8 Å². The van der Waals surface area contributed by atoms with Gasteiger partial charge in [0.2, 0.25) is 0 Å². The fourth-order valence-corrected chi connectivity index (χ4v) is 1.18. The van der Waals surface area contributed by atoms with Gasteiger partial charge in [-0.05, 0) is 0 Å². The molecule has 0 spiro atoms. The van der Waals surface area contributed by atoms with Crippen molar-refractivity contribution in [3.05, 3.63) is 23.0 Å². The van der Waals surface area contributed by atoms with Crippen molar-refractivity contribution >= 4 is 0 Å². The predicted molar refractivity (Wildman–Crippen MR) is 46.4 cm³/mol. The monoisotopic (exact) mass is 214 g/mol. The smallest absolute Gasteiger partial charge is 0.267 e. The van der Waals surface area contributed by atoms with E-state index in [0.29, 0.717) is 0 Å². The van der Waals surface area contributed by atoms with Crippen molar-refractivity contribution < 1.29 is 18.6 Å². The topological polar surface area (TPSA) is 66.1 Å². The number of aliphatic hydroxyl groups excluding tert-OH is 1. The normalized spacial score (nSPS) is 10.1. The number of hydrogen-bond donors (Lipinski definition) is 1. The predicted octanol–water partition coefficient (Wildman–Crippen LogP) is 1.39. The first-order chi connectivity index (χ1) is 7.15. The SMILES string of the molecule is COc1cnc(CO)c(C(F)F)c1C#N. The Morgan fingerprint density at radius 1 is 1.67 bits per heavy atom. The van der Waals surface area contributed by atoms with E-state index in [4.69, 9.17) is 15.1 Å². The van der Waals surface area contributed by atoms with Gasteiger partial charge in [0.25, 0.3) is 6.43 Å². The van der Waals surface area contributed by atoms with E-state index in [0.717, 1.165) is 6.20 Å². The second-order valence-corrected chi connectivity index (χ2v) is 2.63. The number of rotatable bonds is 3. The average molecular weight is 214 g/mol. The van der Waals surface area contributed by atoms with Gasteiger partial charge in [0, 0.05) is 0 Å². The summed E-state index contributed by atoms with van der Waals surface area (Å²) < 4.78 is 30.0. The third kappa shape index (κ3) is 2.02. The Balaban J connectivity index is 3.46. The molecule has 1 aromatic rings. The van der Waals surface area contributed by atoms with Crippen LogP contribution in [0.1, 0.15) is 23.2 Å². The summed E-state index contributed by atoms with van der Waals surface area (Å²) in [4.78, 5) is 3.59. The number of nitriles is 1. The van der Waals surface area contributed by atoms with Crippen LogP contribution in [0, 0.1) is 11.3 Å². The molecule has 0 fully saturated rings. The first-order valence-corrected chi connectivity index (χ1v) is 4.00. The zero-order valence-electron chi connectivity index (χ0n) is 7.87. The maximum Gasteiger partial charge on any atom is 0.267 e. The van der Waals surface area contributed by atoms with Gasteiger partial charge >= 0.3 is 0 Å². The molecule has 15 heavy (non-hydrogen) atoms. The number of halogens is 2. The average Bonchev–Trinajstić information content (AvgIpc) is 2.26. The zero-order valence-corrected chi connectivity index (χ0v) is 7.87. The summed E-state index contributed by atoms with van der Waals surface area (Å²) in [5.74, 6) is -0.0231. The van der Waals surface area contributed by atoms with E-state index in [-0.39, 0.29) is 17.0 Å². The summed E-state index contributed by atoms with van der Waals surface area (Å²) in [7, 11) is 1.26. The molecular weight excluding hydrogens is 206 g/mol. The summed E-state index contributed by atoms with van der Waals surface area (Å²) in [6, 6.07) is 1.62. The number of alkyl halides is 2. The number of nitrogens with zero attached hydrogens (tertiary/aromatic N) is 2. The minimum Gasteiger partial charge on any atom is -0.494 e. The molecule has 1 N–H and O–H groups in total. The molecule has 4 nitrogen and oxygen atoms in total. The van der Waals surface area contributed by atoms with Crippen LogP contribution in [0.2, 0.25) is 0 Å². The lowest BCUT2D eigenvalue weighted by atomic mass is 10.1. The van der Waals surface area contributed by atoms with E-state index >= 15 is 0 Å². The molecular formula is C9H8F2N2O2. The second-order valence-electron chi connectivity index (χ2n) is 2.63. The lowest BCUT2D eigenvalue weighted by Crippen LogP contribution is -2.04. The molecule has 0 unspecified atom stereocenters. The Labute approximate surface area is 84.7 Å². The number of pyridine rings is 1. The van der Waals surface area contributed by atoms with Gasteiger partial charge in [0.1, 0.15) is 11.6 Å². The number of aromatic nitrogens is 1. The number of hydrogen-bond acceptors (Lipinski definition) is 4. The Hall–Kier alpha value is -1.74. The molecule has 6 heteroatoms. The van der Waals surface area contributed by atoms with Crippen molar-refractivity contribution in [1.29, 1.82) is 5.26 Å². The molecule has 0 bridgehead atoms. The molecule has 1 heterocycles. The first-order valence-electron chi connectivity index (χ1n) is 4.00. The summed E-state index contributed by atoms with van der Waals surface area (Å²) in [6.45, 7) is -0.641. The summed E-state index contributed by atoms with van der Waals surface area (Å²) >= 11 is 0. The molecule has 0 saturated heterocycles. The maximum absolute atomic E-state index is 12.6. The van der Waals surface area contributed by atoms with Gasteiger partial charge in [0.05, 0.1) is 31.2 Å². The Morgan fingerprint density at radius 3 is 2.73 bits per heavy atom. The fraction of sp³-hybridized carbons (Fsp3) is 0.333. The molecule has 0 amide bonds. The van der Waals surface area contributed by atoms with Crippen molar-refractivity contribution in [2.45, 2.75) is 13.0 Å². The Bertz CT molecular complexity index is 402. The van der Waals surface area contributed by atoms with Gasteiger partial charge in [-0.2, -0.15) is 5.26 Å². The molecule has 0 aliphatic heterocycles. The van der Waals surface area contributed by atoms with Crippen LogP contribution in [-0.2, 0) is 6.61 Å². The number of ether oxygens (including phenoxy) is 1. The van der Waals surface area contributed by atoms with Gasteiger partial charge in [-0.3, -0.25) is 4.98 Å². The molecule has 1 aromatic heterocycles. The van der Waals surface area contributed by atoms with Gasteiger partial charge in [-0.25, -0.2) is 8.78 Å². The molecule has 1 rings (SSSR count). The first kappa shape index (κ1) is 11.3. The highest BCUT2D eigenvalue weighted by atomic mass is 19.3. The second kappa shape index (κ2) is 4.66. The van der Waals surface area contributed by atoms with E-state index in [1.54, 1.807) is 6.07 Å². The summed E-state index contributed by atoms with van der Waals surface area (Å²) in [6.07, 6.45) is -1.74. The van der Waals surface area contributed by atoms with Gasteiger partial charge in [-0.1, -0.05) is 0 Å². The zero-order chi connectivity index (χ0) is 11.4. The van der Waals surface area contributed by atoms with E-state index in [9.17, 15) is 8.78 Å². The third-order valence-electron chi connectivity index (χ3n) is 1.86.